The second kappa shape index (κ2) is 24.2. The van der Waals surface area contributed by atoms with E-state index in [0.29, 0.717) is 37.2 Å². The molecule has 2 heterocycles. The smallest absolute Gasteiger partial charge is 0.308 e. The number of ether oxygens (including phenoxy) is 1. The van der Waals surface area contributed by atoms with Crippen molar-refractivity contribution in [3.05, 3.63) is 52.0 Å². The van der Waals surface area contributed by atoms with E-state index in [4.69, 9.17) is 4.74 Å². The van der Waals surface area contributed by atoms with Crippen molar-refractivity contribution >= 4 is 47.1 Å². The number of carbonyl (C=O) groups excluding carboxylic acids is 5. The normalized spacial score (nSPS) is 18.4. The molecular weight excluding hydrogens is 757 g/mol. The van der Waals surface area contributed by atoms with Crippen molar-refractivity contribution < 1.29 is 33.8 Å². The molecule has 3 N–H and O–H groups in total. The number of rotatable bonds is 22. The van der Waals surface area contributed by atoms with Gasteiger partial charge in [-0.25, -0.2) is 9.98 Å². The summed E-state index contributed by atoms with van der Waals surface area (Å²) in [6.45, 7) is 14.6. The van der Waals surface area contributed by atoms with Crippen molar-refractivity contribution in [2.45, 2.75) is 137 Å². The summed E-state index contributed by atoms with van der Waals surface area (Å²) in [5, 5.41) is 19.6. The Morgan fingerprint density at radius 3 is 2.40 bits per heavy atom. The summed E-state index contributed by atoms with van der Waals surface area (Å²) in [5.74, 6) is -3.34. The Hall–Kier alpha value is -4.01. The van der Waals surface area contributed by atoms with Gasteiger partial charge in [0.2, 0.25) is 11.8 Å². The van der Waals surface area contributed by atoms with Crippen LogP contribution < -0.4 is 10.6 Å². The lowest BCUT2D eigenvalue weighted by molar-refractivity contribution is -0.147. The molecule has 1 aromatic carbocycles. The number of hydrogen-bond acceptors (Lipinski definition) is 10. The number of nitrogens with zero attached hydrogens (tertiary/aromatic N) is 4. The van der Waals surface area contributed by atoms with Gasteiger partial charge >= 0.3 is 5.97 Å². The van der Waals surface area contributed by atoms with E-state index < -0.39 is 42.0 Å². The Balaban J connectivity index is 1.91. The highest BCUT2D eigenvalue weighted by atomic mass is 32.1. The number of unbranched alkanes of at least 4 members (excludes halogenated alkanes) is 1. The van der Waals surface area contributed by atoms with Gasteiger partial charge in [0.25, 0.3) is 11.8 Å². The monoisotopic (exact) mass is 824 g/mol. The largest absolute Gasteiger partial charge is 0.469 e. The predicted octanol–water partition coefficient (Wildman–Crippen LogP) is 6.01. The Bertz CT molecular complexity index is 1650. The maximum Gasteiger partial charge on any atom is 0.308 e. The fraction of sp³-hybridized carbons (Fsp3) is 0.659. The van der Waals surface area contributed by atoms with Gasteiger partial charge in [0.15, 0.2) is 0 Å². The Kier molecular flexibility index (Phi) is 20.1. The van der Waals surface area contributed by atoms with Gasteiger partial charge in [0.05, 0.1) is 25.0 Å². The van der Waals surface area contributed by atoms with Crippen LogP contribution in [0.5, 0.6) is 0 Å². The van der Waals surface area contributed by atoms with E-state index in [1.165, 1.54) is 13.3 Å². The molecule has 2 unspecified atom stereocenters. The third kappa shape index (κ3) is 14.1. The van der Waals surface area contributed by atoms with Gasteiger partial charge in [-0.1, -0.05) is 91.1 Å². The fourth-order valence-corrected chi connectivity index (χ4v) is 8.26. The highest BCUT2D eigenvalue weighted by Crippen LogP contribution is 2.31. The number of aliphatic imine (C=N–C) groups is 1. The van der Waals surface area contributed by atoms with E-state index >= 15 is 0 Å². The van der Waals surface area contributed by atoms with Crippen LogP contribution in [0.25, 0.3) is 0 Å². The Morgan fingerprint density at radius 1 is 1.07 bits per heavy atom. The molecule has 0 bridgehead atoms. The van der Waals surface area contributed by atoms with Gasteiger partial charge in [-0.3, -0.25) is 28.9 Å². The number of aromatic nitrogens is 1. The first-order valence-corrected chi connectivity index (χ1v) is 21.9. The molecule has 13 nitrogen and oxygen atoms in total. The van der Waals surface area contributed by atoms with Crippen molar-refractivity contribution in [3.8, 4) is 0 Å². The summed E-state index contributed by atoms with van der Waals surface area (Å²) < 4.78 is 4.93. The molecule has 1 aromatic heterocycles. The third-order valence-corrected chi connectivity index (χ3v) is 12.3. The van der Waals surface area contributed by atoms with Gasteiger partial charge in [0.1, 0.15) is 22.8 Å². The fourth-order valence-electron chi connectivity index (χ4n) is 7.47. The molecule has 0 saturated carbocycles. The number of benzene rings is 1. The lowest BCUT2D eigenvalue weighted by Crippen LogP contribution is -2.57. The molecule has 0 spiro atoms. The van der Waals surface area contributed by atoms with Gasteiger partial charge < -0.3 is 25.4 Å². The highest BCUT2D eigenvalue weighted by molar-refractivity contribution is 7.09. The SMILES string of the molecule is CCCCNC(=O)C(C)N(C(=O)C(C=NC(=O)[C@H]1CCCCN1C)[C@@H](C)CC)[C@H](C[C@@H](O)c1nc(C(=O)N[C@@H](Cc2ccccc2)C[C@H](C)C(=O)OC)cs1)C(C)C. The van der Waals surface area contributed by atoms with Gasteiger partial charge in [-0.2, -0.15) is 0 Å². The molecule has 1 saturated heterocycles. The number of aliphatic hydroxyl groups is 1. The number of carbonyl (C=O) groups is 5. The summed E-state index contributed by atoms with van der Waals surface area (Å²) in [6.07, 6.45) is 6.20. The zero-order valence-electron chi connectivity index (χ0n) is 36.1. The van der Waals surface area contributed by atoms with Crippen molar-refractivity contribution in [1.29, 1.82) is 0 Å². The minimum Gasteiger partial charge on any atom is -0.469 e. The molecule has 1 aliphatic heterocycles. The van der Waals surface area contributed by atoms with E-state index in [2.05, 4.69) is 20.6 Å². The number of aliphatic hydroxyl groups excluding tert-OH is 1. The molecule has 0 aliphatic carbocycles. The molecule has 8 atom stereocenters. The number of esters is 1. The molecule has 0 radical (unpaired) electrons. The number of thiazole rings is 1. The molecule has 2 aromatic rings. The van der Waals surface area contributed by atoms with Crippen LogP contribution in [0.15, 0.2) is 40.7 Å². The molecule has 4 amide bonds. The van der Waals surface area contributed by atoms with Crippen molar-refractivity contribution in [2.24, 2.45) is 28.7 Å². The number of hydrogen-bond donors (Lipinski definition) is 3. The van der Waals surface area contributed by atoms with Crippen LogP contribution in [0, 0.1) is 23.7 Å². The Labute approximate surface area is 349 Å². The first kappa shape index (κ1) is 48.4. The van der Waals surface area contributed by atoms with Crippen molar-refractivity contribution in [1.82, 2.24) is 25.4 Å². The minimum atomic E-state index is -1.16. The van der Waals surface area contributed by atoms with Crippen molar-refractivity contribution in [3.63, 3.8) is 0 Å². The number of nitrogens with one attached hydrogen (secondary N) is 2. The number of methoxy groups -OCH3 is 1. The van der Waals surface area contributed by atoms with Crippen LogP contribution in [0.1, 0.15) is 127 Å². The first-order chi connectivity index (χ1) is 27.6. The van der Waals surface area contributed by atoms with Gasteiger partial charge in [-0.15, -0.1) is 11.3 Å². The molecular formula is C44H68N6O7S. The maximum absolute atomic E-state index is 14.9. The molecule has 14 heteroatoms. The summed E-state index contributed by atoms with van der Waals surface area (Å²) in [4.78, 5) is 80.2. The quantitative estimate of drug-likeness (QED) is 0.0732. The van der Waals surface area contributed by atoms with E-state index in [-0.39, 0.29) is 53.7 Å². The molecule has 1 fully saturated rings. The predicted molar refractivity (Wildman–Crippen MR) is 228 cm³/mol. The van der Waals surface area contributed by atoms with Gasteiger partial charge in [0, 0.05) is 36.6 Å². The number of likely N-dealkylation sites (N-methyl/N-ethyl adjacent to an activating group) is 1. The van der Waals surface area contributed by atoms with E-state index in [0.717, 1.165) is 49.1 Å². The van der Waals surface area contributed by atoms with Crippen LogP contribution in [0.3, 0.4) is 0 Å². The maximum atomic E-state index is 14.9. The highest BCUT2D eigenvalue weighted by Gasteiger charge is 2.40. The van der Waals surface area contributed by atoms with Crippen LogP contribution in [0.4, 0.5) is 0 Å². The molecule has 3 rings (SSSR count). The summed E-state index contributed by atoms with van der Waals surface area (Å²) >= 11 is 1.14. The second-order valence-electron chi connectivity index (χ2n) is 16.2. The first-order valence-electron chi connectivity index (χ1n) is 21.1. The van der Waals surface area contributed by atoms with Crippen LogP contribution in [0.2, 0.25) is 0 Å². The lowest BCUT2D eigenvalue weighted by atomic mass is 9.87. The van der Waals surface area contributed by atoms with Crippen LogP contribution in [-0.4, -0.2) is 107 Å². The topological polar surface area (TPSA) is 171 Å². The summed E-state index contributed by atoms with van der Waals surface area (Å²) in [5.41, 5.74) is 1.12. The minimum absolute atomic E-state index is 0.0496. The van der Waals surface area contributed by atoms with Crippen LogP contribution >= 0.6 is 11.3 Å². The number of likely N-dealkylation sites (tertiary alicyclic amines) is 1. The third-order valence-electron chi connectivity index (χ3n) is 11.4. The molecule has 1 aliphatic rings. The summed E-state index contributed by atoms with van der Waals surface area (Å²) in [6, 6.07) is 7.43. The molecule has 322 valence electrons. The Morgan fingerprint density at radius 2 is 1.78 bits per heavy atom. The zero-order chi connectivity index (χ0) is 42.9. The lowest BCUT2D eigenvalue weighted by Gasteiger charge is -2.41. The van der Waals surface area contributed by atoms with Crippen LogP contribution in [-0.2, 0) is 30.3 Å². The number of piperidine rings is 1. The van der Waals surface area contributed by atoms with Gasteiger partial charge in [-0.05, 0) is 70.0 Å². The van der Waals surface area contributed by atoms with Crippen molar-refractivity contribution in [2.75, 3.05) is 27.2 Å². The zero-order valence-corrected chi connectivity index (χ0v) is 36.9. The number of amides is 4. The molecule has 58 heavy (non-hydrogen) atoms. The average molecular weight is 825 g/mol. The van der Waals surface area contributed by atoms with E-state index in [1.54, 1.807) is 24.1 Å². The van der Waals surface area contributed by atoms with E-state index in [9.17, 15) is 29.1 Å². The average Bonchev–Trinajstić information content (AvgIpc) is 3.71. The second-order valence-corrected chi connectivity index (χ2v) is 17.1. The summed E-state index contributed by atoms with van der Waals surface area (Å²) in [7, 11) is 3.26. The van der Waals surface area contributed by atoms with E-state index in [1.807, 2.05) is 76.9 Å². The standard InChI is InChI=1S/C44H68N6O7S/c1-10-12-21-45-39(52)31(7)50(43(55)34(29(5)11-2)26-46-41(54)36-20-16-17-22-49(36)8)37(28(3)4)25-38(51)42-48-35(27-58-42)40(53)47-33(23-30(6)44(56)57-9)24-32-18-14-13-15-19-32/h13-15,18-19,26-31,33-34,36-38,51H,10-12,16-17,20-25H2,1-9H3,(H,45,52)(H,47,53)/t29-,30-,31?,33+,34?,36+,37+,38+/m0/s1.